The van der Waals surface area contributed by atoms with Gasteiger partial charge in [0.15, 0.2) is 5.82 Å². The average molecular weight is 460 g/mol. The Hall–Kier alpha value is -2.57. The number of methoxy groups -OCH3 is 1. The molecule has 3 aromatic rings. The lowest BCUT2D eigenvalue weighted by Gasteiger charge is -2.30. The number of nitrogens with zero attached hydrogens (tertiary/aromatic N) is 3. The third-order valence-electron chi connectivity index (χ3n) is 5.54. The zero-order valence-electron chi connectivity index (χ0n) is 18.7. The van der Waals surface area contributed by atoms with Crippen LogP contribution in [0.2, 0.25) is 0 Å². The van der Waals surface area contributed by atoms with Crippen LogP contribution in [-0.4, -0.2) is 56.6 Å². The number of anilines is 1. The first-order valence-corrected chi connectivity index (χ1v) is 13.3. The van der Waals surface area contributed by atoms with Crippen molar-refractivity contribution in [3.63, 3.8) is 0 Å². The van der Waals surface area contributed by atoms with Crippen molar-refractivity contribution in [1.29, 1.82) is 0 Å². The van der Waals surface area contributed by atoms with E-state index in [4.69, 9.17) is 9.72 Å². The molecule has 0 spiro atoms. The molecule has 1 fully saturated rings. The van der Waals surface area contributed by atoms with Crippen molar-refractivity contribution >= 4 is 23.9 Å². The highest BCUT2D eigenvalue weighted by Gasteiger charge is 2.25. The van der Waals surface area contributed by atoms with Crippen molar-refractivity contribution in [1.82, 2.24) is 15.3 Å². The van der Waals surface area contributed by atoms with E-state index in [0.717, 1.165) is 13.1 Å². The fraction of sp³-hybridized carbons (Fsp3) is 0.391. The fourth-order valence-electron chi connectivity index (χ4n) is 4.14. The molecule has 32 heavy (non-hydrogen) atoms. The molecular weight excluding hydrogens is 433 g/mol. The van der Waals surface area contributed by atoms with Gasteiger partial charge in [-0.3, -0.25) is 0 Å². The van der Waals surface area contributed by atoms with Crippen molar-refractivity contribution in [3.05, 3.63) is 47.3 Å². The summed E-state index contributed by atoms with van der Waals surface area (Å²) in [6, 6.07) is 6.21. The molecule has 0 saturated carbocycles. The standard InChI is InChI=1S/C23H27F2N4O2P/c1-14-12-15-22(21(25)19(14)20-16(24)6-5-7-17(20)31-2)27-18(13-32(3,4)30)28-23(15)29-10-8-26-9-11-29/h5-7,12,26H,8-11,13H2,1-4H3. The van der Waals surface area contributed by atoms with Gasteiger partial charge >= 0.3 is 0 Å². The van der Waals surface area contributed by atoms with E-state index in [9.17, 15) is 8.96 Å². The summed E-state index contributed by atoms with van der Waals surface area (Å²) in [5, 5.41) is 3.86. The molecule has 0 bridgehead atoms. The molecule has 1 aliphatic rings. The van der Waals surface area contributed by atoms with E-state index in [1.807, 2.05) is 0 Å². The molecule has 9 heteroatoms. The van der Waals surface area contributed by atoms with Crippen molar-refractivity contribution in [2.24, 2.45) is 0 Å². The van der Waals surface area contributed by atoms with Gasteiger partial charge in [0.1, 0.15) is 28.7 Å². The number of piperazine rings is 1. The number of hydrogen-bond acceptors (Lipinski definition) is 6. The van der Waals surface area contributed by atoms with Gasteiger partial charge in [0.25, 0.3) is 0 Å². The minimum atomic E-state index is -2.50. The van der Waals surface area contributed by atoms with Crippen LogP contribution in [0.1, 0.15) is 11.4 Å². The summed E-state index contributed by atoms with van der Waals surface area (Å²) >= 11 is 0. The van der Waals surface area contributed by atoms with Crippen molar-refractivity contribution in [2.75, 3.05) is 51.5 Å². The van der Waals surface area contributed by atoms with Crippen LogP contribution in [-0.2, 0) is 10.7 Å². The number of benzene rings is 2. The summed E-state index contributed by atoms with van der Waals surface area (Å²) in [7, 11) is -1.07. The average Bonchev–Trinajstić information content (AvgIpc) is 2.74. The van der Waals surface area contributed by atoms with Gasteiger partial charge in [-0.1, -0.05) is 6.07 Å². The van der Waals surface area contributed by atoms with Crippen LogP contribution < -0.4 is 15.0 Å². The Labute approximate surface area is 186 Å². The summed E-state index contributed by atoms with van der Waals surface area (Å²) in [6.07, 6.45) is 0.160. The number of aromatic nitrogens is 2. The largest absolute Gasteiger partial charge is 0.496 e. The van der Waals surface area contributed by atoms with Gasteiger partial charge in [0.2, 0.25) is 0 Å². The molecule has 2 heterocycles. The Kier molecular flexibility index (Phi) is 6.19. The van der Waals surface area contributed by atoms with Gasteiger partial charge in [0, 0.05) is 37.1 Å². The Morgan fingerprint density at radius 1 is 1.16 bits per heavy atom. The van der Waals surface area contributed by atoms with Crippen molar-refractivity contribution in [3.8, 4) is 16.9 Å². The summed E-state index contributed by atoms with van der Waals surface area (Å²) in [4.78, 5) is 11.2. The van der Waals surface area contributed by atoms with Crippen LogP contribution in [0.5, 0.6) is 5.75 Å². The molecule has 4 rings (SSSR count). The van der Waals surface area contributed by atoms with Gasteiger partial charge in [-0.05, 0) is 44.0 Å². The maximum atomic E-state index is 16.1. The van der Waals surface area contributed by atoms with Crippen LogP contribution in [0.3, 0.4) is 0 Å². The lowest BCUT2D eigenvalue weighted by atomic mass is 9.96. The van der Waals surface area contributed by atoms with Crippen LogP contribution in [0.4, 0.5) is 14.6 Å². The Bertz CT molecular complexity index is 1220. The SMILES string of the molecule is COc1cccc(F)c1-c1c(C)cc2c(N3CCNCC3)nc(CP(C)(C)=O)nc2c1F. The van der Waals surface area contributed by atoms with Crippen molar-refractivity contribution in [2.45, 2.75) is 13.1 Å². The van der Waals surface area contributed by atoms with Gasteiger partial charge in [-0.2, -0.15) is 0 Å². The maximum absolute atomic E-state index is 16.1. The Morgan fingerprint density at radius 2 is 1.88 bits per heavy atom. The zero-order chi connectivity index (χ0) is 23.0. The quantitative estimate of drug-likeness (QED) is 0.569. The molecular formula is C23H27F2N4O2P. The highest BCUT2D eigenvalue weighted by Crippen LogP contribution is 2.43. The predicted molar refractivity (Wildman–Crippen MR) is 124 cm³/mol. The van der Waals surface area contributed by atoms with Crippen LogP contribution >= 0.6 is 7.14 Å². The third kappa shape index (κ3) is 4.34. The molecule has 0 aliphatic carbocycles. The molecule has 0 amide bonds. The minimum Gasteiger partial charge on any atom is -0.496 e. The van der Waals surface area contributed by atoms with Crippen molar-refractivity contribution < 1.29 is 18.1 Å². The molecule has 1 N–H and O–H groups in total. The van der Waals surface area contributed by atoms with Crippen LogP contribution in [0, 0.1) is 18.6 Å². The lowest BCUT2D eigenvalue weighted by Crippen LogP contribution is -2.44. The smallest absolute Gasteiger partial charge is 0.157 e. The van der Waals surface area contributed by atoms with E-state index in [-0.39, 0.29) is 28.6 Å². The summed E-state index contributed by atoms with van der Waals surface area (Å²) in [5.74, 6) is -0.0171. The van der Waals surface area contributed by atoms with Crippen LogP contribution in [0.25, 0.3) is 22.0 Å². The summed E-state index contributed by atoms with van der Waals surface area (Å²) < 4.78 is 48.7. The predicted octanol–water partition coefficient (Wildman–Crippen LogP) is 4.42. The van der Waals surface area contributed by atoms with E-state index in [2.05, 4.69) is 15.2 Å². The molecule has 0 unspecified atom stereocenters. The van der Waals surface area contributed by atoms with Gasteiger partial charge in [-0.25, -0.2) is 18.7 Å². The minimum absolute atomic E-state index is 0.0624. The second-order valence-corrected chi connectivity index (χ2v) is 12.0. The highest BCUT2D eigenvalue weighted by atomic mass is 31.2. The molecule has 0 atom stereocenters. The molecule has 1 aromatic heterocycles. The van der Waals surface area contributed by atoms with E-state index in [1.54, 1.807) is 32.4 Å². The third-order valence-corrected chi connectivity index (χ3v) is 6.58. The number of nitrogens with one attached hydrogen (secondary N) is 1. The van der Waals surface area contributed by atoms with E-state index in [1.165, 1.54) is 19.2 Å². The number of rotatable bonds is 5. The fourth-order valence-corrected chi connectivity index (χ4v) is 4.96. The number of aryl methyl sites for hydroxylation is 1. The monoisotopic (exact) mass is 460 g/mol. The lowest BCUT2D eigenvalue weighted by molar-refractivity contribution is 0.413. The highest BCUT2D eigenvalue weighted by molar-refractivity contribution is 7.61. The Balaban J connectivity index is 2.02. The van der Waals surface area contributed by atoms with E-state index >= 15 is 4.39 Å². The van der Waals surface area contributed by atoms with Gasteiger partial charge in [-0.15, -0.1) is 0 Å². The van der Waals surface area contributed by atoms with E-state index < -0.39 is 18.8 Å². The number of hydrogen-bond donors (Lipinski definition) is 1. The molecule has 1 aliphatic heterocycles. The zero-order valence-corrected chi connectivity index (χ0v) is 19.6. The second-order valence-electron chi connectivity index (χ2n) is 8.53. The summed E-state index contributed by atoms with van der Waals surface area (Å²) in [5.41, 5.74) is 0.831. The number of fused-ring (bicyclic) bond motifs is 1. The molecule has 0 radical (unpaired) electrons. The van der Waals surface area contributed by atoms with Gasteiger partial charge in [0.05, 0.1) is 26.0 Å². The Morgan fingerprint density at radius 3 is 2.53 bits per heavy atom. The molecule has 6 nitrogen and oxygen atoms in total. The molecule has 170 valence electrons. The van der Waals surface area contributed by atoms with Crippen LogP contribution in [0.15, 0.2) is 24.3 Å². The number of ether oxygens (including phenoxy) is 1. The normalized spacial score (nSPS) is 14.8. The first-order valence-electron chi connectivity index (χ1n) is 10.5. The maximum Gasteiger partial charge on any atom is 0.157 e. The molecule has 2 aromatic carbocycles. The summed E-state index contributed by atoms with van der Waals surface area (Å²) in [6.45, 7) is 8.06. The molecule has 1 saturated heterocycles. The first kappa shape index (κ1) is 22.6. The van der Waals surface area contributed by atoms with E-state index in [0.29, 0.717) is 35.7 Å². The second kappa shape index (κ2) is 8.75. The first-order chi connectivity index (χ1) is 15.2. The van der Waals surface area contributed by atoms with Gasteiger partial charge < -0.3 is 19.5 Å². The topological polar surface area (TPSA) is 67.3 Å². The number of halogens is 2.